The first-order valence-electron chi connectivity index (χ1n) is 6.99. The summed E-state index contributed by atoms with van der Waals surface area (Å²) in [5.41, 5.74) is 3.16. The Morgan fingerprint density at radius 1 is 1.18 bits per heavy atom. The van der Waals surface area contributed by atoms with Crippen LogP contribution in [0.2, 0.25) is 0 Å². The number of phenolic OH excluding ortho intramolecular Hbond substituents is 1. The molecule has 4 nitrogen and oxygen atoms in total. The lowest BCUT2D eigenvalue weighted by atomic mass is 10.0. The van der Waals surface area contributed by atoms with Crippen molar-refractivity contribution >= 4 is 21.9 Å². The molecular weight excluding hydrogens is 346 g/mol. The lowest BCUT2D eigenvalue weighted by Crippen LogP contribution is -2.17. The van der Waals surface area contributed by atoms with Crippen LogP contribution in [-0.4, -0.2) is 22.7 Å². The lowest BCUT2D eigenvalue weighted by Gasteiger charge is -2.11. The number of carboxylic acid groups (broad SMARTS) is 1. The molecule has 22 heavy (non-hydrogen) atoms. The summed E-state index contributed by atoms with van der Waals surface area (Å²) in [6.45, 7) is 3.28. The van der Waals surface area contributed by atoms with Crippen LogP contribution in [0.3, 0.4) is 0 Å². The van der Waals surface area contributed by atoms with E-state index >= 15 is 0 Å². The van der Waals surface area contributed by atoms with Crippen molar-refractivity contribution in [2.24, 2.45) is 0 Å². The van der Waals surface area contributed by atoms with E-state index in [4.69, 9.17) is 5.11 Å². The molecule has 0 bridgehead atoms. The van der Waals surface area contributed by atoms with Gasteiger partial charge >= 0.3 is 5.97 Å². The van der Waals surface area contributed by atoms with Crippen molar-refractivity contribution in [3.8, 4) is 5.75 Å². The fraction of sp³-hybridized carbons (Fsp3) is 0.235. The van der Waals surface area contributed by atoms with Crippen LogP contribution in [0.1, 0.15) is 27.0 Å². The fourth-order valence-corrected chi connectivity index (χ4v) is 2.81. The zero-order valence-electron chi connectivity index (χ0n) is 12.3. The van der Waals surface area contributed by atoms with Crippen molar-refractivity contribution in [3.05, 3.63) is 63.1 Å². The molecule has 0 spiro atoms. The van der Waals surface area contributed by atoms with Crippen molar-refractivity contribution in [1.29, 1.82) is 0 Å². The molecule has 0 radical (unpaired) electrons. The number of aromatic carboxylic acids is 1. The molecule has 5 heteroatoms. The monoisotopic (exact) mass is 363 g/mol. The minimum Gasteiger partial charge on any atom is -0.508 e. The SMILES string of the molecule is Cc1c(CNCCc2ccccc2O)ccc(C(=O)O)c1Br. The summed E-state index contributed by atoms with van der Waals surface area (Å²) in [4.78, 5) is 11.1. The molecule has 0 saturated carbocycles. The highest BCUT2D eigenvalue weighted by molar-refractivity contribution is 9.10. The summed E-state index contributed by atoms with van der Waals surface area (Å²) in [7, 11) is 0. The van der Waals surface area contributed by atoms with Crippen LogP contribution in [0.5, 0.6) is 5.75 Å². The average Bonchev–Trinajstić information content (AvgIpc) is 2.49. The quantitative estimate of drug-likeness (QED) is 0.687. The number of rotatable bonds is 6. The third-order valence-electron chi connectivity index (χ3n) is 3.61. The molecule has 2 aromatic rings. The maximum absolute atomic E-state index is 11.1. The number of halogens is 1. The molecule has 0 fully saturated rings. The zero-order valence-corrected chi connectivity index (χ0v) is 13.9. The number of hydrogen-bond donors (Lipinski definition) is 3. The predicted molar refractivity (Wildman–Crippen MR) is 89.4 cm³/mol. The Balaban J connectivity index is 1.94. The molecule has 3 N–H and O–H groups in total. The second-order valence-electron chi connectivity index (χ2n) is 5.07. The zero-order chi connectivity index (χ0) is 16.1. The Morgan fingerprint density at radius 3 is 2.59 bits per heavy atom. The van der Waals surface area contributed by atoms with Crippen molar-refractivity contribution in [1.82, 2.24) is 5.32 Å². The first-order valence-corrected chi connectivity index (χ1v) is 7.79. The molecule has 0 aliphatic carbocycles. The number of benzene rings is 2. The van der Waals surface area contributed by atoms with Gasteiger partial charge in [-0.3, -0.25) is 0 Å². The van der Waals surface area contributed by atoms with E-state index in [2.05, 4.69) is 21.2 Å². The minimum atomic E-state index is -0.936. The molecule has 0 atom stereocenters. The van der Waals surface area contributed by atoms with E-state index in [1.165, 1.54) is 0 Å². The Morgan fingerprint density at radius 2 is 1.91 bits per heavy atom. The largest absolute Gasteiger partial charge is 0.508 e. The third-order valence-corrected chi connectivity index (χ3v) is 4.63. The highest BCUT2D eigenvalue weighted by atomic mass is 79.9. The van der Waals surface area contributed by atoms with Gasteiger partial charge in [-0.2, -0.15) is 0 Å². The summed E-state index contributed by atoms with van der Waals surface area (Å²) in [5, 5.41) is 22.1. The molecule has 2 aromatic carbocycles. The van der Waals surface area contributed by atoms with Crippen molar-refractivity contribution in [2.75, 3.05) is 6.54 Å². The molecule has 0 amide bonds. The summed E-state index contributed by atoms with van der Waals surface area (Å²) < 4.78 is 0.625. The number of aromatic hydroxyl groups is 1. The maximum atomic E-state index is 11.1. The van der Waals surface area contributed by atoms with Gasteiger partial charge in [-0.15, -0.1) is 0 Å². The van der Waals surface area contributed by atoms with Gasteiger partial charge in [0.05, 0.1) is 5.56 Å². The molecule has 0 aliphatic heterocycles. The van der Waals surface area contributed by atoms with Gasteiger partial charge in [0.25, 0.3) is 0 Å². The first kappa shape index (κ1) is 16.5. The molecule has 116 valence electrons. The van der Waals surface area contributed by atoms with Crippen LogP contribution in [0.4, 0.5) is 0 Å². The number of phenols is 1. The van der Waals surface area contributed by atoms with E-state index in [9.17, 15) is 9.90 Å². The lowest BCUT2D eigenvalue weighted by molar-refractivity contribution is 0.0695. The van der Waals surface area contributed by atoms with Crippen LogP contribution in [0.15, 0.2) is 40.9 Å². The molecule has 0 unspecified atom stereocenters. The number of carbonyl (C=O) groups is 1. The smallest absolute Gasteiger partial charge is 0.336 e. The van der Waals surface area contributed by atoms with E-state index in [1.54, 1.807) is 18.2 Å². The molecule has 2 rings (SSSR count). The minimum absolute atomic E-state index is 0.274. The van der Waals surface area contributed by atoms with Gasteiger partial charge in [-0.05, 0) is 64.6 Å². The number of carboxylic acids is 1. The second kappa shape index (κ2) is 7.42. The van der Waals surface area contributed by atoms with E-state index < -0.39 is 5.97 Å². The van der Waals surface area contributed by atoms with Gasteiger partial charge in [0.1, 0.15) is 5.75 Å². The summed E-state index contributed by atoms with van der Waals surface area (Å²) >= 11 is 3.35. The van der Waals surface area contributed by atoms with Crippen LogP contribution in [0.25, 0.3) is 0 Å². The Kier molecular flexibility index (Phi) is 5.57. The fourth-order valence-electron chi connectivity index (χ4n) is 2.25. The standard InChI is InChI=1S/C17H18BrNO3/c1-11-13(6-7-14(16(11)18)17(21)22)10-19-9-8-12-4-2-3-5-15(12)20/h2-7,19-20H,8-10H2,1H3,(H,21,22). The van der Waals surface area contributed by atoms with E-state index in [0.717, 1.165) is 29.7 Å². The Bertz CT molecular complexity index is 686. The van der Waals surface area contributed by atoms with Gasteiger partial charge in [0, 0.05) is 11.0 Å². The summed E-state index contributed by atoms with van der Waals surface area (Å²) in [6, 6.07) is 10.7. The van der Waals surface area contributed by atoms with E-state index in [-0.39, 0.29) is 5.56 Å². The topological polar surface area (TPSA) is 69.6 Å². The molecule has 0 saturated heterocycles. The van der Waals surface area contributed by atoms with E-state index in [0.29, 0.717) is 16.8 Å². The van der Waals surface area contributed by atoms with E-state index in [1.807, 2.05) is 25.1 Å². The highest BCUT2D eigenvalue weighted by Crippen LogP contribution is 2.24. The molecular formula is C17H18BrNO3. The summed E-state index contributed by atoms with van der Waals surface area (Å²) in [5.74, 6) is -0.622. The van der Waals surface area contributed by atoms with Gasteiger partial charge in [0.15, 0.2) is 0 Å². The van der Waals surface area contributed by atoms with Gasteiger partial charge < -0.3 is 15.5 Å². The normalized spacial score (nSPS) is 10.6. The Hall–Kier alpha value is -1.85. The van der Waals surface area contributed by atoms with Crippen molar-refractivity contribution in [3.63, 3.8) is 0 Å². The number of nitrogens with one attached hydrogen (secondary N) is 1. The summed E-state index contributed by atoms with van der Waals surface area (Å²) in [6.07, 6.45) is 0.736. The van der Waals surface area contributed by atoms with Crippen LogP contribution in [-0.2, 0) is 13.0 Å². The van der Waals surface area contributed by atoms with Crippen LogP contribution < -0.4 is 5.32 Å². The van der Waals surface area contributed by atoms with Gasteiger partial charge in [-0.1, -0.05) is 24.3 Å². The maximum Gasteiger partial charge on any atom is 0.336 e. The van der Waals surface area contributed by atoms with Crippen molar-refractivity contribution < 1.29 is 15.0 Å². The second-order valence-corrected chi connectivity index (χ2v) is 5.86. The van der Waals surface area contributed by atoms with Gasteiger partial charge in [0.2, 0.25) is 0 Å². The molecule has 0 heterocycles. The molecule has 0 aliphatic rings. The van der Waals surface area contributed by atoms with Crippen LogP contribution in [0, 0.1) is 6.92 Å². The first-order chi connectivity index (χ1) is 10.5. The average molecular weight is 364 g/mol. The van der Waals surface area contributed by atoms with Gasteiger partial charge in [-0.25, -0.2) is 4.79 Å². The third kappa shape index (κ3) is 3.87. The Labute approximate surface area is 137 Å². The van der Waals surface area contributed by atoms with Crippen LogP contribution >= 0.6 is 15.9 Å². The molecule has 0 aromatic heterocycles. The predicted octanol–water partition coefficient (Wildman–Crippen LogP) is 3.49. The number of hydrogen-bond acceptors (Lipinski definition) is 3. The number of para-hydroxylation sites is 1. The van der Waals surface area contributed by atoms with Crippen molar-refractivity contribution in [2.45, 2.75) is 19.9 Å². The highest BCUT2D eigenvalue weighted by Gasteiger charge is 2.12.